The van der Waals surface area contributed by atoms with Crippen molar-refractivity contribution in [1.29, 1.82) is 0 Å². The van der Waals surface area contributed by atoms with Gasteiger partial charge >= 0.3 is 5.97 Å². The van der Waals surface area contributed by atoms with Crippen molar-refractivity contribution < 1.29 is 14.7 Å². The fourth-order valence-corrected chi connectivity index (χ4v) is 1.77. The number of carbonyl (C=O) groups is 2. The number of thiazole rings is 1. The lowest BCUT2D eigenvalue weighted by molar-refractivity contribution is -0.142. The zero-order valence-electron chi connectivity index (χ0n) is 7.77. The Morgan fingerprint density at radius 1 is 1.79 bits per heavy atom. The first kappa shape index (κ1) is 10.8. The molecule has 0 radical (unpaired) electrons. The first-order valence-electron chi connectivity index (χ1n) is 4.21. The Morgan fingerprint density at radius 3 is 2.93 bits per heavy atom. The van der Waals surface area contributed by atoms with E-state index in [1.165, 1.54) is 11.3 Å². The molecule has 14 heavy (non-hydrogen) atoms. The van der Waals surface area contributed by atoms with Gasteiger partial charge in [0.15, 0.2) is 0 Å². The normalized spacial score (nSPS) is 12.4. The third-order valence-corrected chi connectivity index (χ3v) is 2.67. The third kappa shape index (κ3) is 2.92. The first-order chi connectivity index (χ1) is 6.63. The molecule has 0 saturated carbocycles. The Hall–Kier alpha value is -1.23. The van der Waals surface area contributed by atoms with E-state index in [-0.39, 0.29) is 6.42 Å². The molecular formula is C9H11NO3S. The highest BCUT2D eigenvalue weighted by atomic mass is 32.1. The first-order valence-corrected chi connectivity index (χ1v) is 5.09. The van der Waals surface area contributed by atoms with Crippen LogP contribution in [0.3, 0.4) is 0 Å². The molecule has 1 heterocycles. The van der Waals surface area contributed by atoms with E-state index in [0.717, 1.165) is 10.7 Å². The molecule has 1 atom stereocenters. The smallest absolute Gasteiger partial charge is 0.307 e. The average molecular weight is 213 g/mol. The van der Waals surface area contributed by atoms with Gasteiger partial charge in [0.05, 0.1) is 16.6 Å². The predicted octanol–water partition coefficient (Wildman–Crippen LogP) is 1.28. The second kappa shape index (κ2) is 4.85. The van der Waals surface area contributed by atoms with Gasteiger partial charge in [-0.3, -0.25) is 4.79 Å². The van der Waals surface area contributed by atoms with Crippen LogP contribution in [0.4, 0.5) is 0 Å². The van der Waals surface area contributed by atoms with Crippen molar-refractivity contribution in [2.45, 2.75) is 19.8 Å². The van der Waals surface area contributed by atoms with Gasteiger partial charge < -0.3 is 9.90 Å². The van der Waals surface area contributed by atoms with Crippen LogP contribution in [-0.4, -0.2) is 22.3 Å². The molecule has 0 spiro atoms. The van der Waals surface area contributed by atoms with Crippen LogP contribution in [0.1, 0.15) is 17.1 Å². The standard InChI is InChI=1S/C9H11NO3S/c1-6-10-8(5-14-6)4-7(2-3-11)9(12)13/h3,5,7H,2,4H2,1H3,(H,12,13). The molecule has 5 heteroatoms. The summed E-state index contributed by atoms with van der Waals surface area (Å²) in [4.78, 5) is 25.1. The van der Waals surface area contributed by atoms with E-state index in [1.54, 1.807) is 0 Å². The number of carboxylic acid groups (broad SMARTS) is 1. The van der Waals surface area contributed by atoms with E-state index < -0.39 is 11.9 Å². The molecule has 0 bridgehead atoms. The average Bonchev–Trinajstić information content (AvgIpc) is 2.50. The summed E-state index contributed by atoms with van der Waals surface area (Å²) in [7, 11) is 0. The number of nitrogens with zero attached hydrogens (tertiary/aromatic N) is 1. The Bertz CT molecular complexity index is 335. The van der Waals surface area contributed by atoms with Crippen LogP contribution in [0.15, 0.2) is 5.38 Å². The van der Waals surface area contributed by atoms with Crippen molar-refractivity contribution in [1.82, 2.24) is 4.98 Å². The topological polar surface area (TPSA) is 67.3 Å². The number of aldehydes is 1. The molecular weight excluding hydrogens is 202 g/mol. The van der Waals surface area contributed by atoms with E-state index in [9.17, 15) is 9.59 Å². The Balaban J connectivity index is 2.64. The zero-order chi connectivity index (χ0) is 10.6. The molecule has 1 N–H and O–H groups in total. The number of carbonyl (C=O) groups excluding carboxylic acids is 1. The maximum absolute atomic E-state index is 10.7. The maximum atomic E-state index is 10.7. The SMILES string of the molecule is Cc1nc(CC(CC=O)C(=O)O)cs1. The second-order valence-corrected chi connectivity index (χ2v) is 4.06. The molecule has 0 aliphatic rings. The molecule has 1 rings (SSSR count). The molecule has 0 amide bonds. The Morgan fingerprint density at radius 2 is 2.50 bits per heavy atom. The quantitative estimate of drug-likeness (QED) is 0.748. The minimum atomic E-state index is -0.942. The van der Waals surface area contributed by atoms with Crippen LogP contribution >= 0.6 is 11.3 Å². The van der Waals surface area contributed by atoms with Crippen molar-refractivity contribution in [2.75, 3.05) is 0 Å². The molecule has 1 aromatic rings. The van der Waals surface area contributed by atoms with E-state index >= 15 is 0 Å². The summed E-state index contributed by atoms with van der Waals surface area (Å²) in [6, 6.07) is 0. The van der Waals surface area contributed by atoms with Crippen molar-refractivity contribution in [3.05, 3.63) is 16.1 Å². The van der Waals surface area contributed by atoms with Crippen molar-refractivity contribution in [3.63, 3.8) is 0 Å². The summed E-state index contributed by atoms with van der Waals surface area (Å²) in [5, 5.41) is 11.5. The van der Waals surface area contributed by atoms with Crippen LogP contribution in [0.25, 0.3) is 0 Å². The Kier molecular flexibility index (Phi) is 3.76. The number of carboxylic acids is 1. The second-order valence-electron chi connectivity index (χ2n) is 3.00. The highest BCUT2D eigenvalue weighted by molar-refractivity contribution is 7.09. The predicted molar refractivity (Wildman–Crippen MR) is 52.4 cm³/mol. The highest BCUT2D eigenvalue weighted by Gasteiger charge is 2.18. The lowest BCUT2D eigenvalue weighted by Gasteiger charge is -2.05. The summed E-state index contributed by atoms with van der Waals surface area (Å²) >= 11 is 1.48. The highest BCUT2D eigenvalue weighted by Crippen LogP contribution is 2.14. The summed E-state index contributed by atoms with van der Waals surface area (Å²) < 4.78 is 0. The monoisotopic (exact) mass is 213 g/mol. The molecule has 1 unspecified atom stereocenters. The lowest BCUT2D eigenvalue weighted by atomic mass is 10.0. The van der Waals surface area contributed by atoms with E-state index in [2.05, 4.69) is 4.98 Å². The van der Waals surface area contributed by atoms with Crippen LogP contribution < -0.4 is 0 Å². The van der Waals surface area contributed by atoms with Crippen molar-refractivity contribution in [3.8, 4) is 0 Å². The molecule has 0 aliphatic carbocycles. The van der Waals surface area contributed by atoms with Crippen LogP contribution in [0.2, 0.25) is 0 Å². The van der Waals surface area contributed by atoms with Crippen LogP contribution in [-0.2, 0) is 16.0 Å². The van der Waals surface area contributed by atoms with Gasteiger partial charge in [-0.25, -0.2) is 4.98 Å². The van der Waals surface area contributed by atoms with Gasteiger partial charge in [-0.1, -0.05) is 0 Å². The number of hydrogen-bond acceptors (Lipinski definition) is 4. The van der Waals surface area contributed by atoms with Gasteiger partial charge in [0.1, 0.15) is 6.29 Å². The Labute approximate surface area is 85.6 Å². The number of aliphatic carboxylic acids is 1. The molecule has 4 nitrogen and oxygen atoms in total. The van der Waals surface area contributed by atoms with E-state index in [0.29, 0.717) is 12.7 Å². The molecule has 0 aromatic carbocycles. The summed E-state index contributed by atoms with van der Waals surface area (Å²) in [6.07, 6.45) is 1.02. The summed E-state index contributed by atoms with van der Waals surface area (Å²) in [5.41, 5.74) is 0.752. The van der Waals surface area contributed by atoms with Gasteiger partial charge in [-0.05, 0) is 6.92 Å². The molecule has 0 fully saturated rings. The summed E-state index contributed by atoms with van der Waals surface area (Å²) in [6.45, 7) is 1.86. The number of aromatic nitrogens is 1. The lowest BCUT2D eigenvalue weighted by Crippen LogP contribution is -2.17. The van der Waals surface area contributed by atoms with Gasteiger partial charge in [0.2, 0.25) is 0 Å². The summed E-state index contributed by atoms with van der Waals surface area (Å²) in [5.74, 6) is -1.59. The van der Waals surface area contributed by atoms with Crippen LogP contribution in [0.5, 0.6) is 0 Å². The van der Waals surface area contributed by atoms with Gasteiger partial charge in [-0.2, -0.15) is 0 Å². The van der Waals surface area contributed by atoms with E-state index in [4.69, 9.17) is 5.11 Å². The van der Waals surface area contributed by atoms with Crippen molar-refractivity contribution in [2.24, 2.45) is 5.92 Å². The van der Waals surface area contributed by atoms with Crippen molar-refractivity contribution >= 4 is 23.6 Å². The molecule has 0 aliphatic heterocycles. The number of hydrogen-bond donors (Lipinski definition) is 1. The zero-order valence-corrected chi connectivity index (χ0v) is 8.58. The largest absolute Gasteiger partial charge is 0.481 e. The minimum absolute atomic E-state index is 0.0475. The minimum Gasteiger partial charge on any atom is -0.481 e. The van der Waals surface area contributed by atoms with Crippen LogP contribution in [0, 0.1) is 12.8 Å². The van der Waals surface area contributed by atoms with Gasteiger partial charge in [0, 0.05) is 18.2 Å². The maximum Gasteiger partial charge on any atom is 0.307 e. The number of rotatable bonds is 5. The molecule has 0 saturated heterocycles. The van der Waals surface area contributed by atoms with E-state index in [1.807, 2.05) is 12.3 Å². The third-order valence-electron chi connectivity index (χ3n) is 1.85. The fraction of sp³-hybridized carbons (Fsp3) is 0.444. The number of aryl methyl sites for hydroxylation is 1. The van der Waals surface area contributed by atoms with Gasteiger partial charge in [-0.15, -0.1) is 11.3 Å². The van der Waals surface area contributed by atoms with Gasteiger partial charge in [0.25, 0.3) is 0 Å². The molecule has 76 valence electrons. The fourth-order valence-electron chi connectivity index (χ4n) is 1.14. The molecule has 1 aromatic heterocycles.